The molecule has 8 nitrogen and oxygen atoms in total. The summed E-state index contributed by atoms with van der Waals surface area (Å²) >= 11 is 5.94. The summed E-state index contributed by atoms with van der Waals surface area (Å²) in [6.45, 7) is 3.65. The molecule has 172 valence electrons. The number of piperazine rings is 1. The number of carboxylic acid groups (broad SMARTS) is 1. The van der Waals surface area contributed by atoms with Gasteiger partial charge in [0.2, 0.25) is 5.95 Å². The average molecular weight is 471 g/mol. The molecule has 1 aliphatic heterocycles. The molecular weight excluding hydrogens is 447 g/mol. The summed E-state index contributed by atoms with van der Waals surface area (Å²) in [4.78, 5) is 26.0. The summed E-state index contributed by atoms with van der Waals surface area (Å²) in [6, 6.07) is 13.4. The summed E-state index contributed by atoms with van der Waals surface area (Å²) in [5, 5.41) is 13.2. The van der Waals surface area contributed by atoms with Gasteiger partial charge in [0.1, 0.15) is 11.6 Å². The minimum absolute atomic E-state index is 0.120. The van der Waals surface area contributed by atoms with Gasteiger partial charge in [-0.15, -0.1) is 0 Å². The standard InChI is InChI=1S/C23H24ClFN6O2/c1-29-9-11-30(12-10-29)19-4-2-3-18(14-19)27-22-26-8-7-21(28-22)31(23(32)33)15-16-13-17(24)5-6-20(16)25/h2-8,13-14H,9-12,15H2,1H3,(H,32,33)(H,26,27,28). The second-order valence-corrected chi connectivity index (χ2v) is 8.24. The zero-order valence-corrected chi connectivity index (χ0v) is 18.8. The van der Waals surface area contributed by atoms with Gasteiger partial charge in [0.15, 0.2) is 0 Å². The first-order valence-corrected chi connectivity index (χ1v) is 10.8. The Balaban J connectivity index is 1.53. The van der Waals surface area contributed by atoms with E-state index in [1.807, 2.05) is 18.2 Å². The van der Waals surface area contributed by atoms with Crippen LogP contribution >= 0.6 is 11.6 Å². The summed E-state index contributed by atoms with van der Waals surface area (Å²) in [5.41, 5.74) is 2.03. The molecule has 1 fully saturated rings. The first kappa shape index (κ1) is 22.8. The van der Waals surface area contributed by atoms with Crippen LogP contribution in [-0.4, -0.2) is 59.3 Å². The Kier molecular flexibility index (Phi) is 6.90. The lowest BCUT2D eigenvalue weighted by Gasteiger charge is -2.34. The fourth-order valence-electron chi connectivity index (χ4n) is 3.62. The molecule has 0 saturated carbocycles. The van der Waals surface area contributed by atoms with Crippen LogP contribution in [0.2, 0.25) is 5.02 Å². The van der Waals surface area contributed by atoms with E-state index in [2.05, 4.69) is 38.2 Å². The van der Waals surface area contributed by atoms with Crippen molar-refractivity contribution in [1.82, 2.24) is 14.9 Å². The predicted octanol–water partition coefficient (Wildman–Crippen LogP) is 4.45. The molecule has 0 aliphatic carbocycles. The molecule has 2 heterocycles. The van der Waals surface area contributed by atoms with Crippen molar-refractivity contribution in [2.24, 2.45) is 0 Å². The number of likely N-dealkylation sites (N-methyl/N-ethyl adjacent to an activating group) is 1. The van der Waals surface area contributed by atoms with Crippen molar-refractivity contribution in [3.63, 3.8) is 0 Å². The van der Waals surface area contributed by atoms with Crippen molar-refractivity contribution >= 4 is 40.8 Å². The number of carbonyl (C=O) groups is 1. The zero-order chi connectivity index (χ0) is 23.4. The molecule has 3 aromatic rings. The molecule has 0 spiro atoms. The Morgan fingerprint density at radius 1 is 1.18 bits per heavy atom. The zero-order valence-electron chi connectivity index (χ0n) is 18.1. The van der Waals surface area contributed by atoms with Gasteiger partial charge in [-0.25, -0.2) is 14.2 Å². The molecule has 4 rings (SSSR count). The van der Waals surface area contributed by atoms with E-state index in [1.54, 1.807) is 0 Å². The lowest BCUT2D eigenvalue weighted by Crippen LogP contribution is -2.44. The maximum atomic E-state index is 14.2. The molecule has 1 aromatic heterocycles. The molecular formula is C23H24ClFN6O2. The average Bonchev–Trinajstić information content (AvgIpc) is 2.80. The first-order valence-electron chi connectivity index (χ1n) is 10.5. The molecule has 1 aliphatic rings. The molecule has 0 radical (unpaired) electrons. The van der Waals surface area contributed by atoms with Crippen LogP contribution in [0.3, 0.4) is 0 Å². The SMILES string of the molecule is CN1CCN(c2cccc(Nc3nccc(N(Cc4cc(Cl)ccc4F)C(=O)O)n3)c2)CC1. The number of hydrogen-bond donors (Lipinski definition) is 2. The van der Waals surface area contributed by atoms with Gasteiger partial charge in [-0.2, -0.15) is 4.98 Å². The molecule has 33 heavy (non-hydrogen) atoms. The van der Waals surface area contributed by atoms with E-state index >= 15 is 0 Å². The van der Waals surface area contributed by atoms with E-state index < -0.39 is 11.9 Å². The van der Waals surface area contributed by atoms with Gasteiger partial charge < -0.3 is 20.2 Å². The molecule has 0 bridgehead atoms. The Bertz CT molecular complexity index is 1140. The third kappa shape index (κ3) is 5.68. The maximum absolute atomic E-state index is 14.2. The lowest BCUT2D eigenvalue weighted by molar-refractivity contribution is 0.201. The smallest absolute Gasteiger partial charge is 0.413 e. The monoisotopic (exact) mass is 470 g/mol. The number of anilines is 4. The van der Waals surface area contributed by atoms with Crippen molar-refractivity contribution in [3.05, 3.63) is 71.1 Å². The van der Waals surface area contributed by atoms with Crippen LogP contribution in [0, 0.1) is 5.82 Å². The number of halogens is 2. The largest absolute Gasteiger partial charge is 0.465 e. The van der Waals surface area contributed by atoms with Crippen LogP contribution in [0.15, 0.2) is 54.7 Å². The number of hydrogen-bond acceptors (Lipinski definition) is 6. The minimum atomic E-state index is -1.27. The molecule has 0 atom stereocenters. The molecule has 0 unspecified atom stereocenters. The fourth-order valence-corrected chi connectivity index (χ4v) is 3.81. The van der Waals surface area contributed by atoms with Crippen LogP contribution < -0.4 is 15.1 Å². The van der Waals surface area contributed by atoms with Gasteiger partial charge in [0.05, 0.1) is 6.54 Å². The number of rotatable bonds is 6. The van der Waals surface area contributed by atoms with E-state index in [1.165, 1.54) is 30.5 Å². The molecule has 1 saturated heterocycles. The van der Waals surface area contributed by atoms with Crippen molar-refractivity contribution < 1.29 is 14.3 Å². The highest BCUT2D eigenvalue weighted by Crippen LogP contribution is 2.24. The highest BCUT2D eigenvalue weighted by atomic mass is 35.5. The number of benzene rings is 2. The van der Waals surface area contributed by atoms with Crippen LogP contribution in [0.1, 0.15) is 5.56 Å². The Morgan fingerprint density at radius 2 is 1.97 bits per heavy atom. The Morgan fingerprint density at radius 3 is 2.73 bits per heavy atom. The minimum Gasteiger partial charge on any atom is -0.465 e. The van der Waals surface area contributed by atoms with Gasteiger partial charge in [0.25, 0.3) is 0 Å². The maximum Gasteiger partial charge on any atom is 0.413 e. The number of nitrogens with one attached hydrogen (secondary N) is 1. The van der Waals surface area contributed by atoms with E-state index in [9.17, 15) is 14.3 Å². The third-order valence-corrected chi connectivity index (χ3v) is 5.69. The number of nitrogens with zero attached hydrogens (tertiary/aromatic N) is 5. The molecule has 2 aromatic carbocycles. The van der Waals surface area contributed by atoms with Crippen LogP contribution in [0.4, 0.5) is 32.3 Å². The topological polar surface area (TPSA) is 84.8 Å². The molecule has 1 amide bonds. The normalized spacial score (nSPS) is 14.2. The Labute approximate surface area is 196 Å². The van der Waals surface area contributed by atoms with E-state index in [0.717, 1.165) is 42.5 Å². The van der Waals surface area contributed by atoms with E-state index in [4.69, 9.17) is 11.6 Å². The van der Waals surface area contributed by atoms with Crippen molar-refractivity contribution in [2.45, 2.75) is 6.54 Å². The molecule has 10 heteroatoms. The first-order chi connectivity index (χ1) is 15.9. The summed E-state index contributed by atoms with van der Waals surface area (Å²) < 4.78 is 14.2. The van der Waals surface area contributed by atoms with E-state index in [-0.39, 0.29) is 23.9 Å². The lowest BCUT2D eigenvalue weighted by atomic mass is 10.2. The third-order valence-electron chi connectivity index (χ3n) is 5.46. The predicted molar refractivity (Wildman–Crippen MR) is 127 cm³/mol. The van der Waals surface area contributed by atoms with Crippen LogP contribution in [0.25, 0.3) is 0 Å². The summed E-state index contributed by atoms with van der Waals surface area (Å²) in [6.07, 6.45) is 0.190. The van der Waals surface area contributed by atoms with Gasteiger partial charge in [-0.1, -0.05) is 17.7 Å². The number of aromatic nitrogens is 2. The fraction of sp³-hybridized carbons (Fsp3) is 0.261. The highest BCUT2D eigenvalue weighted by molar-refractivity contribution is 6.30. The van der Waals surface area contributed by atoms with Gasteiger partial charge in [-0.05, 0) is 49.5 Å². The second kappa shape index (κ2) is 10.0. The van der Waals surface area contributed by atoms with Crippen LogP contribution in [-0.2, 0) is 6.54 Å². The van der Waals surface area contributed by atoms with Crippen LogP contribution in [0.5, 0.6) is 0 Å². The molecule has 2 N–H and O–H groups in total. The Hall–Kier alpha value is -3.43. The van der Waals surface area contributed by atoms with Gasteiger partial charge >= 0.3 is 6.09 Å². The van der Waals surface area contributed by atoms with Crippen molar-refractivity contribution in [1.29, 1.82) is 0 Å². The summed E-state index contributed by atoms with van der Waals surface area (Å²) in [7, 11) is 2.11. The van der Waals surface area contributed by atoms with E-state index in [0.29, 0.717) is 5.02 Å². The highest BCUT2D eigenvalue weighted by Gasteiger charge is 2.20. The van der Waals surface area contributed by atoms with Gasteiger partial charge in [0, 0.05) is 54.3 Å². The second-order valence-electron chi connectivity index (χ2n) is 7.81. The summed E-state index contributed by atoms with van der Waals surface area (Å²) in [5.74, 6) is -0.186. The quantitative estimate of drug-likeness (QED) is 0.550. The van der Waals surface area contributed by atoms with Gasteiger partial charge in [-0.3, -0.25) is 4.90 Å². The van der Waals surface area contributed by atoms with Crippen molar-refractivity contribution in [2.75, 3.05) is 48.3 Å². The number of amides is 1. The van der Waals surface area contributed by atoms with Crippen molar-refractivity contribution in [3.8, 4) is 0 Å².